The largest absolute Gasteiger partial charge is 0.497 e. The molecule has 1 aromatic heterocycles. The van der Waals surface area contributed by atoms with Crippen molar-refractivity contribution in [1.82, 2.24) is 4.57 Å². The fourth-order valence-electron chi connectivity index (χ4n) is 2.04. The number of aromatic nitrogens is 1. The lowest BCUT2D eigenvalue weighted by Gasteiger charge is -2.06. The number of hydrogen-bond donors (Lipinski definition) is 1. The monoisotopic (exact) mass is 318 g/mol. The molecule has 1 amide bonds. The van der Waals surface area contributed by atoms with E-state index < -0.39 is 11.8 Å². The molecule has 0 saturated carbocycles. The van der Waals surface area contributed by atoms with Gasteiger partial charge in [0.2, 0.25) is 0 Å². The molecule has 6 nitrogen and oxygen atoms in total. The summed E-state index contributed by atoms with van der Waals surface area (Å²) in [6.45, 7) is 0. The molecule has 0 fully saturated rings. The fraction of sp³-hybridized carbons (Fsp3) is 0.0667. The van der Waals surface area contributed by atoms with Crippen molar-refractivity contribution in [2.75, 3.05) is 12.4 Å². The standard InChI is InChI=1S/C15H11ClN2O4/c1-21-11-5-3-10(4-6-11)17-14(19)18-12-8-9(16)2-7-13(12)22-15(18)20/h2-8H,1H3,(H,17,19). The lowest BCUT2D eigenvalue weighted by molar-refractivity contribution is 0.252. The van der Waals surface area contributed by atoms with Gasteiger partial charge in [-0.3, -0.25) is 0 Å². The SMILES string of the molecule is COc1ccc(NC(=O)n2c(=O)oc3ccc(Cl)cc32)cc1. The highest BCUT2D eigenvalue weighted by atomic mass is 35.5. The van der Waals surface area contributed by atoms with Gasteiger partial charge in [-0.15, -0.1) is 0 Å². The van der Waals surface area contributed by atoms with Gasteiger partial charge >= 0.3 is 11.8 Å². The van der Waals surface area contributed by atoms with Crippen molar-refractivity contribution in [2.24, 2.45) is 0 Å². The van der Waals surface area contributed by atoms with Crippen LogP contribution in [0.1, 0.15) is 0 Å². The molecular formula is C15H11ClN2O4. The summed E-state index contributed by atoms with van der Waals surface area (Å²) in [5, 5.41) is 3.02. The van der Waals surface area contributed by atoms with Gasteiger partial charge in [-0.05, 0) is 42.5 Å². The molecule has 1 heterocycles. The van der Waals surface area contributed by atoms with Crippen molar-refractivity contribution in [1.29, 1.82) is 0 Å². The number of fused-ring (bicyclic) bond motifs is 1. The Morgan fingerprint density at radius 2 is 1.95 bits per heavy atom. The second-order valence-corrected chi connectivity index (χ2v) is 4.91. The van der Waals surface area contributed by atoms with E-state index in [9.17, 15) is 9.59 Å². The van der Waals surface area contributed by atoms with E-state index in [4.69, 9.17) is 20.8 Å². The molecule has 1 N–H and O–H groups in total. The van der Waals surface area contributed by atoms with Crippen molar-refractivity contribution in [3.8, 4) is 5.75 Å². The van der Waals surface area contributed by atoms with Crippen LogP contribution in [0.4, 0.5) is 10.5 Å². The van der Waals surface area contributed by atoms with Gasteiger partial charge in [-0.25, -0.2) is 9.59 Å². The molecule has 0 spiro atoms. The molecule has 0 atom stereocenters. The number of amides is 1. The van der Waals surface area contributed by atoms with Crippen LogP contribution in [0, 0.1) is 0 Å². The molecule has 3 rings (SSSR count). The average Bonchev–Trinajstić information content (AvgIpc) is 2.83. The summed E-state index contributed by atoms with van der Waals surface area (Å²) in [7, 11) is 1.55. The highest BCUT2D eigenvalue weighted by molar-refractivity contribution is 6.31. The molecule has 0 saturated heterocycles. The third-order valence-corrected chi connectivity index (χ3v) is 3.32. The molecule has 7 heteroatoms. The smallest absolute Gasteiger partial charge is 0.428 e. The molecule has 112 valence electrons. The van der Waals surface area contributed by atoms with Crippen LogP contribution in [-0.4, -0.2) is 17.7 Å². The second-order valence-electron chi connectivity index (χ2n) is 4.47. The zero-order chi connectivity index (χ0) is 15.7. The Morgan fingerprint density at radius 1 is 1.23 bits per heavy atom. The lowest BCUT2D eigenvalue weighted by Crippen LogP contribution is -2.27. The predicted molar refractivity (Wildman–Crippen MR) is 82.9 cm³/mol. The van der Waals surface area contributed by atoms with Crippen LogP contribution >= 0.6 is 11.6 Å². The zero-order valence-electron chi connectivity index (χ0n) is 11.5. The van der Waals surface area contributed by atoms with Gasteiger partial charge in [0.1, 0.15) is 11.3 Å². The van der Waals surface area contributed by atoms with E-state index in [1.165, 1.54) is 12.1 Å². The van der Waals surface area contributed by atoms with Crippen molar-refractivity contribution < 1.29 is 13.9 Å². The van der Waals surface area contributed by atoms with Crippen LogP contribution < -0.4 is 15.8 Å². The van der Waals surface area contributed by atoms with Crippen LogP contribution in [0.5, 0.6) is 5.75 Å². The molecule has 0 unspecified atom stereocenters. The molecule has 3 aromatic rings. The Hall–Kier alpha value is -2.73. The second kappa shape index (κ2) is 5.57. The van der Waals surface area contributed by atoms with E-state index in [0.29, 0.717) is 27.6 Å². The fourth-order valence-corrected chi connectivity index (χ4v) is 2.20. The van der Waals surface area contributed by atoms with Gasteiger partial charge in [0.25, 0.3) is 0 Å². The molecule has 0 radical (unpaired) electrons. The Kier molecular flexibility index (Phi) is 3.60. The van der Waals surface area contributed by atoms with E-state index >= 15 is 0 Å². The predicted octanol–water partition coefficient (Wildman–Crippen LogP) is 3.34. The minimum atomic E-state index is -0.775. The van der Waals surface area contributed by atoms with Crippen LogP contribution in [0.3, 0.4) is 0 Å². The summed E-state index contributed by atoms with van der Waals surface area (Å²) in [4.78, 5) is 24.1. The quantitative estimate of drug-likeness (QED) is 0.786. The maximum atomic E-state index is 12.3. The number of halogens is 1. The molecule has 0 aliphatic carbocycles. The first-order valence-electron chi connectivity index (χ1n) is 6.35. The van der Waals surface area contributed by atoms with Gasteiger partial charge in [0, 0.05) is 10.7 Å². The third-order valence-electron chi connectivity index (χ3n) is 3.09. The van der Waals surface area contributed by atoms with E-state index in [1.807, 2.05) is 0 Å². The van der Waals surface area contributed by atoms with Crippen molar-refractivity contribution in [2.45, 2.75) is 0 Å². The normalized spacial score (nSPS) is 10.6. The van der Waals surface area contributed by atoms with Crippen molar-refractivity contribution >= 4 is 34.4 Å². The maximum Gasteiger partial charge on any atom is 0.428 e. The number of nitrogens with zero attached hydrogens (tertiary/aromatic N) is 1. The van der Waals surface area contributed by atoms with E-state index in [0.717, 1.165) is 4.57 Å². The Bertz CT molecular complexity index is 896. The summed E-state index contributed by atoms with van der Waals surface area (Å²) in [6, 6.07) is 10.7. The number of benzene rings is 2. The number of carbonyl (C=O) groups is 1. The number of carbonyl (C=O) groups excluding carboxylic acids is 1. The number of nitrogens with one attached hydrogen (secondary N) is 1. The van der Waals surface area contributed by atoms with Crippen molar-refractivity contribution in [3.63, 3.8) is 0 Å². The maximum absolute atomic E-state index is 12.3. The minimum absolute atomic E-state index is 0.291. The third kappa shape index (κ3) is 2.56. The first kappa shape index (κ1) is 14.2. The summed E-state index contributed by atoms with van der Waals surface area (Å²) >= 11 is 5.90. The number of methoxy groups -OCH3 is 1. The average molecular weight is 319 g/mol. The number of rotatable bonds is 2. The summed E-state index contributed by atoms with van der Waals surface area (Å²) < 4.78 is 11.0. The molecule has 2 aromatic carbocycles. The van der Waals surface area contributed by atoms with Gasteiger partial charge in [-0.1, -0.05) is 11.6 Å². The Labute approximate surface area is 129 Å². The first-order chi connectivity index (χ1) is 10.6. The number of ether oxygens (including phenoxy) is 1. The Balaban J connectivity index is 1.96. The van der Waals surface area contributed by atoms with Crippen LogP contribution in [0.25, 0.3) is 11.1 Å². The highest BCUT2D eigenvalue weighted by Crippen LogP contribution is 2.19. The summed E-state index contributed by atoms with van der Waals surface area (Å²) in [5.41, 5.74) is 1.12. The number of hydrogen-bond acceptors (Lipinski definition) is 4. The molecule has 0 aliphatic heterocycles. The van der Waals surface area contributed by atoms with E-state index in [2.05, 4.69) is 5.32 Å². The van der Waals surface area contributed by atoms with Crippen LogP contribution in [-0.2, 0) is 0 Å². The van der Waals surface area contributed by atoms with Crippen LogP contribution in [0.2, 0.25) is 5.02 Å². The summed E-state index contributed by atoms with van der Waals surface area (Å²) in [6.07, 6.45) is 0. The minimum Gasteiger partial charge on any atom is -0.497 e. The van der Waals surface area contributed by atoms with Crippen LogP contribution in [0.15, 0.2) is 51.7 Å². The Morgan fingerprint density at radius 3 is 2.64 bits per heavy atom. The van der Waals surface area contributed by atoms with Crippen molar-refractivity contribution in [3.05, 3.63) is 58.0 Å². The molecule has 0 bridgehead atoms. The zero-order valence-corrected chi connectivity index (χ0v) is 12.3. The van der Waals surface area contributed by atoms with E-state index in [-0.39, 0.29) is 0 Å². The molecule has 0 aliphatic rings. The van der Waals surface area contributed by atoms with Gasteiger partial charge in [-0.2, -0.15) is 4.57 Å². The van der Waals surface area contributed by atoms with Gasteiger partial charge < -0.3 is 14.5 Å². The number of oxazole rings is 1. The van der Waals surface area contributed by atoms with E-state index in [1.54, 1.807) is 37.4 Å². The molecule has 22 heavy (non-hydrogen) atoms. The lowest BCUT2D eigenvalue weighted by atomic mass is 10.3. The highest BCUT2D eigenvalue weighted by Gasteiger charge is 2.16. The van der Waals surface area contributed by atoms with Gasteiger partial charge in [0.05, 0.1) is 7.11 Å². The summed E-state index contributed by atoms with van der Waals surface area (Å²) in [5.74, 6) is -0.112. The topological polar surface area (TPSA) is 73.5 Å². The molecular weight excluding hydrogens is 308 g/mol. The number of anilines is 1. The van der Waals surface area contributed by atoms with Gasteiger partial charge in [0.15, 0.2) is 5.58 Å². The first-order valence-corrected chi connectivity index (χ1v) is 6.73.